The van der Waals surface area contributed by atoms with Gasteiger partial charge in [-0.2, -0.15) is 0 Å². The number of nitrogens with one attached hydrogen (secondary N) is 1. The molecule has 0 radical (unpaired) electrons. The van der Waals surface area contributed by atoms with E-state index in [-0.39, 0.29) is 6.61 Å². The van der Waals surface area contributed by atoms with Crippen LogP contribution in [0.3, 0.4) is 0 Å². The number of ether oxygens (including phenoxy) is 1. The lowest BCUT2D eigenvalue weighted by molar-refractivity contribution is -0.142. The first-order chi connectivity index (χ1) is 11.5. The van der Waals surface area contributed by atoms with E-state index in [0.717, 1.165) is 16.7 Å². The third kappa shape index (κ3) is 5.21. The third-order valence-electron chi connectivity index (χ3n) is 3.47. The minimum Gasteiger partial charge on any atom is -0.479 e. The Balaban J connectivity index is 1.95. The lowest BCUT2D eigenvalue weighted by Crippen LogP contribution is -2.36. The Morgan fingerprint density at radius 2 is 1.71 bits per heavy atom. The van der Waals surface area contributed by atoms with E-state index < -0.39 is 17.9 Å². The Bertz CT molecular complexity index is 692. The first-order valence-electron chi connectivity index (χ1n) is 7.68. The number of aliphatic carboxylic acids is 1. The fourth-order valence-corrected chi connectivity index (χ4v) is 2.50. The minimum atomic E-state index is -1.10. The number of carbonyl (C=O) groups is 2. The molecule has 5 nitrogen and oxygen atoms in total. The number of benzene rings is 2. The predicted molar refractivity (Wildman–Crippen MR) is 90.5 cm³/mol. The summed E-state index contributed by atoms with van der Waals surface area (Å²) in [6, 6.07) is 13.9. The van der Waals surface area contributed by atoms with Crippen molar-refractivity contribution in [1.82, 2.24) is 5.32 Å². The van der Waals surface area contributed by atoms with Crippen LogP contribution in [-0.2, 0) is 20.9 Å². The molecular weight excluding hydrogens is 306 g/mol. The summed E-state index contributed by atoms with van der Waals surface area (Å²) in [5.74, 6) is -1.56. The van der Waals surface area contributed by atoms with Crippen LogP contribution in [0.1, 0.15) is 28.3 Å². The molecule has 0 bridgehead atoms. The van der Waals surface area contributed by atoms with Crippen LogP contribution in [0.2, 0.25) is 0 Å². The van der Waals surface area contributed by atoms with Crippen molar-refractivity contribution in [1.29, 1.82) is 0 Å². The molecule has 0 saturated heterocycles. The number of hydrogen-bond acceptors (Lipinski definition) is 3. The Labute approximate surface area is 141 Å². The second-order valence-corrected chi connectivity index (χ2v) is 5.74. The van der Waals surface area contributed by atoms with Gasteiger partial charge in [0.1, 0.15) is 6.61 Å². The Morgan fingerprint density at radius 3 is 2.29 bits per heavy atom. The van der Waals surface area contributed by atoms with Crippen molar-refractivity contribution < 1.29 is 19.4 Å². The number of carboxylic acid groups (broad SMARTS) is 1. The zero-order chi connectivity index (χ0) is 17.5. The average molecular weight is 327 g/mol. The molecule has 0 aliphatic heterocycles. The van der Waals surface area contributed by atoms with Gasteiger partial charge in [0.2, 0.25) is 5.91 Å². The summed E-state index contributed by atoms with van der Waals surface area (Å²) in [7, 11) is 0. The fraction of sp³-hybridized carbons (Fsp3) is 0.263. The SMILES string of the molecule is Cc1cc(C)cc(C(NC(=O)COCc2ccccc2)C(=O)O)c1. The first-order valence-corrected chi connectivity index (χ1v) is 7.68. The van der Waals surface area contributed by atoms with Gasteiger partial charge in [-0.25, -0.2) is 4.79 Å². The molecule has 2 aromatic rings. The Morgan fingerprint density at radius 1 is 1.08 bits per heavy atom. The van der Waals surface area contributed by atoms with Gasteiger partial charge in [0.15, 0.2) is 6.04 Å². The highest BCUT2D eigenvalue weighted by Crippen LogP contribution is 2.17. The van der Waals surface area contributed by atoms with Crippen molar-refractivity contribution in [2.75, 3.05) is 6.61 Å². The first kappa shape index (κ1) is 17.7. The molecule has 0 spiro atoms. The highest BCUT2D eigenvalue weighted by molar-refractivity contribution is 5.85. The molecule has 2 rings (SSSR count). The third-order valence-corrected chi connectivity index (χ3v) is 3.47. The van der Waals surface area contributed by atoms with Crippen molar-refractivity contribution >= 4 is 11.9 Å². The maximum atomic E-state index is 12.0. The summed E-state index contributed by atoms with van der Waals surface area (Å²) in [4.78, 5) is 23.5. The molecule has 5 heteroatoms. The molecule has 0 aliphatic carbocycles. The summed E-state index contributed by atoms with van der Waals surface area (Å²) in [6.45, 7) is 3.89. The molecule has 2 N–H and O–H groups in total. The van der Waals surface area contributed by atoms with Gasteiger partial charge >= 0.3 is 5.97 Å². The molecule has 0 saturated carbocycles. The van der Waals surface area contributed by atoms with E-state index in [1.807, 2.05) is 50.2 Å². The fourth-order valence-electron chi connectivity index (χ4n) is 2.50. The summed E-state index contributed by atoms with van der Waals surface area (Å²) in [6.07, 6.45) is 0. The monoisotopic (exact) mass is 327 g/mol. The summed E-state index contributed by atoms with van der Waals surface area (Å²) in [5, 5.41) is 11.9. The van der Waals surface area contributed by atoms with E-state index in [4.69, 9.17) is 4.74 Å². The van der Waals surface area contributed by atoms with Crippen LogP contribution < -0.4 is 5.32 Å². The normalized spacial score (nSPS) is 11.8. The quantitative estimate of drug-likeness (QED) is 0.820. The zero-order valence-electron chi connectivity index (χ0n) is 13.8. The molecule has 0 fully saturated rings. The van der Waals surface area contributed by atoms with Crippen molar-refractivity contribution in [3.8, 4) is 0 Å². The largest absolute Gasteiger partial charge is 0.479 e. The summed E-state index contributed by atoms with van der Waals surface area (Å²) >= 11 is 0. The van der Waals surface area contributed by atoms with Crippen LogP contribution in [0.5, 0.6) is 0 Å². The van der Waals surface area contributed by atoms with Gasteiger partial charge in [0.25, 0.3) is 0 Å². The molecule has 126 valence electrons. The van der Waals surface area contributed by atoms with Crippen LogP contribution in [0.4, 0.5) is 0 Å². The molecule has 24 heavy (non-hydrogen) atoms. The van der Waals surface area contributed by atoms with Crippen LogP contribution in [-0.4, -0.2) is 23.6 Å². The number of aryl methyl sites for hydroxylation is 2. The zero-order valence-corrected chi connectivity index (χ0v) is 13.8. The van der Waals surface area contributed by atoms with Gasteiger partial charge in [-0.3, -0.25) is 4.79 Å². The van der Waals surface area contributed by atoms with Gasteiger partial charge in [-0.15, -0.1) is 0 Å². The molecule has 0 aliphatic rings. The van der Waals surface area contributed by atoms with Crippen LogP contribution in [0, 0.1) is 13.8 Å². The maximum absolute atomic E-state index is 12.0. The van der Waals surface area contributed by atoms with E-state index in [2.05, 4.69) is 5.32 Å². The molecule has 1 atom stereocenters. The van der Waals surface area contributed by atoms with Crippen LogP contribution >= 0.6 is 0 Å². The number of rotatable bonds is 7. The van der Waals surface area contributed by atoms with Crippen LogP contribution in [0.25, 0.3) is 0 Å². The molecule has 2 aromatic carbocycles. The van der Waals surface area contributed by atoms with Gasteiger partial charge in [-0.1, -0.05) is 59.7 Å². The highest BCUT2D eigenvalue weighted by Gasteiger charge is 2.22. The molecular formula is C19H21NO4. The van der Waals surface area contributed by atoms with Gasteiger partial charge in [0.05, 0.1) is 6.61 Å². The minimum absolute atomic E-state index is 0.191. The smallest absolute Gasteiger partial charge is 0.330 e. The molecule has 0 heterocycles. The lowest BCUT2D eigenvalue weighted by atomic mass is 10.0. The van der Waals surface area contributed by atoms with Gasteiger partial charge < -0.3 is 15.2 Å². The van der Waals surface area contributed by atoms with Crippen molar-refractivity contribution in [2.24, 2.45) is 0 Å². The topological polar surface area (TPSA) is 75.6 Å². The summed E-state index contributed by atoms with van der Waals surface area (Å²) < 4.78 is 5.34. The van der Waals surface area contributed by atoms with Gasteiger partial charge in [-0.05, 0) is 25.0 Å². The molecule has 0 aromatic heterocycles. The maximum Gasteiger partial charge on any atom is 0.330 e. The van der Waals surface area contributed by atoms with E-state index in [1.54, 1.807) is 12.1 Å². The highest BCUT2D eigenvalue weighted by atomic mass is 16.5. The van der Waals surface area contributed by atoms with Crippen molar-refractivity contribution in [3.05, 3.63) is 70.8 Å². The predicted octanol–water partition coefficient (Wildman–Crippen LogP) is 2.76. The molecule has 1 unspecified atom stereocenters. The van der Waals surface area contributed by atoms with Crippen molar-refractivity contribution in [3.63, 3.8) is 0 Å². The van der Waals surface area contributed by atoms with E-state index in [0.29, 0.717) is 12.2 Å². The number of amides is 1. The van der Waals surface area contributed by atoms with E-state index >= 15 is 0 Å². The molecule has 1 amide bonds. The van der Waals surface area contributed by atoms with Crippen molar-refractivity contribution in [2.45, 2.75) is 26.5 Å². The number of carboxylic acids is 1. The Hall–Kier alpha value is -2.66. The second kappa shape index (κ2) is 8.26. The average Bonchev–Trinajstić information content (AvgIpc) is 2.52. The number of hydrogen-bond donors (Lipinski definition) is 2. The number of carbonyl (C=O) groups excluding carboxylic acids is 1. The summed E-state index contributed by atoms with van der Waals surface area (Å²) in [5.41, 5.74) is 3.41. The second-order valence-electron chi connectivity index (χ2n) is 5.74. The van der Waals surface area contributed by atoms with Crippen LogP contribution in [0.15, 0.2) is 48.5 Å². The lowest BCUT2D eigenvalue weighted by Gasteiger charge is -2.16. The van der Waals surface area contributed by atoms with Gasteiger partial charge in [0, 0.05) is 0 Å². The standard InChI is InChI=1S/C19H21NO4/c1-13-8-14(2)10-16(9-13)18(19(22)23)20-17(21)12-24-11-15-6-4-3-5-7-15/h3-10,18H,11-12H2,1-2H3,(H,20,21)(H,22,23). The van der Waals surface area contributed by atoms with E-state index in [1.165, 1.54) is 0 Å². The van der Waals surface area contributed by atoms with E-state index in [9.17, 15) is 14.7 Å². The Kier molecular flexibility index (Phi) is 6.09.